The van der Waals surface area contributed by atoms with Crippen LogP contribution < -0.4 is 5.32 Å². The lowest BCUT2D eigenvalue weighted by atomic mass is 10.1. The van der Waals surface area contributed by atoms with Gasteiger partial charge in [-0.3, -0.25) is 9.48 Å². The number of aliphatic hydroxyl groups excluding tert-OH is 1. The van der Waals surface area contributed by atoms with E-state index in [2.05, 4.69) is 15.4 Å². The number of aromatic nitrogens is 3. The van der Waals surface area contributed by atoms with Crippen LogP contribution in [0.25, 0.3) is 0 Å². The average molecular weight is 226 g/mol. The van der Waals surface area contributed by atoms with Gasteiger partial charge in [0.25, 0.3) is 0 Å². The second kappa shape index (κ2) is 6.22. The molecule has 90 valence electrons. The molecule has 1 atom stereocenters. The number of nitrogens with one attached hydrogen (secondary N) is 1. The monoisotopic (exact) mass is 226 g/mol. The first-order valence-corrected chi connectivity index (χ1v) is 5.36. The summed E-state index contributed by atoms with van der Waals surface area (Å²) in [5.74, 6) is 0.142. The molecule has 1 aromatic heterocycles. The molecule has 0 radical (unpaired) electrons. The molecular formula is C10H18N4O2. The summed E-state index contributed by atoms with van der Waals surface area (Å²) in [6.45, 7) is 4.38. The molecule has 0 bridgehead atoms. The molecule has 1 heterocycles. The Kier molecular flexibility index (Phi) is 4.91. The zero-order chi connectivity index (χ0) is 12.0. The predicted molar refractivity (Wildman–Crippen MR) is 58.5 cm³/mol. The van der Waals surface area contributed by atoms with Gasteiger partial charge in [0.2, 0.25) is 5.91 Å². The van der Waals surface area contributed by atoms with Gasteiger partial charge in [-0.2, -0.15) is 5.10 Å². The number of rotatable bonds is 6. The number of hydrogen-bond donors (Lipinski definition) is 2. The molecule has 0 aliphatic heterocycles. The highest BCUT2D eigenvalue weighted by Crippen LogP contribution is 2.00. The zero-order valence-corrected chi connectivity index (χ0v) is 9.63. The van der Waals surface area contributed by atoms with Gasteiger partial charge in [-0.05, 0) is 5.92 Å². The lowest BCUT2D eigenvalue weighted by Crippen LogP contribution is -2.41. The smallest absolute Gasteiger partial charge is 0.222 e. The van der Waals surface area contributed by atoms with E-state index in [0.717, 1.165) is 0 Å². The number of aliphatic hydroxyl groups is 1. The van der Waals surface area contributed by atoms with Gasteiger partial charge < -0.3 is 10.4 Å². The van der Waals surface area contributed by atoms with Crippen molar-refractivity contribution in [2.75, 3.05) is 6.61 Å². The molecule has 0 aliphatic carbocycles. The first-order chi connectivity index (χ1) is 7.63. The molecule has 16 heavy (non-hydrogen) atoms. The molecular weight excluding hydrogens is 208 g/mol. The quantitative estimate of drug-likeness (QED) is 0.704. The Morgan fingerprint density at radius 3 is 2.81 bits per heavy atom. The summed E-state index contributed by atoms with van der Waals surface area (Å²) in [6, 6.07) is -0.178. The molecule has 6 nitrogen and oxygen atoms in total. The Morgan fingerprint density at radius 2 is 2.31 bits per heavy atom. The Hall–Kier alpha value is -1.43. The maximum atomic E-state index is 11.5. The fraction of sp³-hybridized carbons (Fsp3) is 0.700. The molecule has 1 aromatic rings. The first-order valence-electron chi connectivity index (χ1n) is 5.36. The molecule has 0 spiro atoms. The number of nitrogens with zero attached hydrogens (tertiary/aromatic N) is 3. The largest absolute Gasteiger partial charge is 0.394 e. The Bertz CT molecular complexity index is 311. The van der Waals surface area contributed by atoms with Crippen LogP contribution in [0.5, 0.6) is 0 Å². The van der Waals surface area contributed by atoms with Crippen molar-refractivity contribution in [2.24, 2.45) is 5.92 Å². The van der Waals surface area contributed by atoms with Crippen LogP contribution in [0.4, 0.5) is 0 Å². The molecule has 0 saturated heterocycles. The van der Waals surface area contributed by atoms with E-state index in [-0.39, 0.29) is 24.5 Å². The summed E-state index contributed by atoms with van der Waals surface area (Å²) >= 11 is 0. The van der Waals surface area contributed by atoms with Crippen molar-refractivity contribution in [3.05, 3.63) is 12.7 Å². The number of carbonyl (C=O) groups is 1. The summed E-state index contributed by atoms with van der Waals surface area (Å²) in [6.07, 6.45) is 3.34. The van der Waals surface area contributed by atoms with Gasteiger partial charge in [-0.15, -0.1) is 0 Å². The first kappa shape index (κ1) is 12.6. The molecule has 2 N–H and O–H groups in total. The van der Waals surface area contributed by atoms with E-state index < -0.39 is 0 Å². The van der Waals surface area contributed by atoms with Crippen molar-refractivity contribution in [3.63, 3.8) is 0 Å². The molecule has 0 aromatic carbocycles. The van der Waals surface area contributed by atoms with Crippen LogP contribution in [0.3, 0.4) is 0 Å². The summed E-state index contributed by atoms with van der Waals surface area (Å²) in [5, 5.41) is 15.7. The zero-order valence-electron chi connectivity index (χ0n) is 9.63. The van der Waals surface area contributed by atoms with Crippen LogP contribution >= 0.6 is 0 Å². The minimum absolute atomic E-state index is 0.0350. The van der Waals surface area contributed by atoms with Crippen molar-refractivity contribution in [1.82, 2.24) is 20.1 Å². The van der Waals surface area contributed by atoms with Gasteiger partial charge in [0, 0.05) is 6.42 Å². The molecule has 1 unspecified atom stereocenters. The molecule has 0 saturated carbocycles. The highest BCUT2D eigenvalue weighted by atomic mass is 16.3. The van der Waals surface area contributed by atoms with Gasteiger partial charge >= 0.3 is 0 Å². The van der Waals surface area contributed by atoms with Crippen LogP contribution in [0.2, 0.25) is 0 Å². The van der Waals surface area contributed by atoms with Crippen molar-refractivity contribution in [3.8, 4) is 0 Å². The number of carbonyl (C=O) groups excluding carboxylic acids is 1. The molecule has 6 heteroatoms. The second-order valence-electron chi connectivity index (χ2n) is 4.01. The fourth-order valence-corrected chi connectivity index (χ4v) is 1.27. The van der Waals surface area contributed by atoms with Gasteiger partial charge in [-0.1, -0.05) is 13.8 Å². The normalized spacial score (nSPS) is 12.8. The summed E-state index contributed by atoms with van der Waals surface area (Å²) in [5.41, 5.74) is 0. The van der Waals surface area contributed by atoms with E-state index in [1.807, 2.05) is 13.8 Å². The predicted octanol–water partition coefficient (Wildman–Crippen LogP) is -0.199. The minimum Gasteiger partial charge on any atom is -0.394 e. The van der Waals surface area contributed by atoms with Crippen molar-refractivity contribution in [2.45, 2.75) is 32.9 Å². The topological polar surface area (TPSA) is 80.0 Å². The van der Waals surface area contributed by atoms with E-state index >= 15 is 0 Å². The average Bonchev–Trinajstić information content (AvgIpc) is 2.75. The number of hydrogen-bond acceptors (Lipinski definition) is 4. The highest BCUT2D eigenvalue weighted by Gasteiger charge is 2.14. The van der Waals surface area contributed by atoms with Crippen LogP contribution in [0, 0.1) is 5.92 Å². The Morgan fingerprint density at radius 1 is 1.56 bits per heavy atom. The van der Waals surface area contributed by atoms with Crippen LogP contribution in [-0.4, -0.2) is 38.4 Å². The van der Waals surface area contributed by atoms with Gasteiger partial charge in [0.05, 0.1) is 19.2 Å². The van der Waals surface area contributed by atoms with Crippen molar-refractivity contribution >= 4 is 5.91 Å². The number of aryl methyl sites for hydroxylation is 1. The van der Waals surface area contributed by atoms with Crippen molar-refractivity contribution in [1.29, 1.82) is 0 Å². The maximum Gasteiger partial charge on any atom is 0.222 e. The van der Waals surface area contributed by atoms with Gasteiger partial charge in [-0.25, -0.2) is 4.98 Å². The van der Waals surface area contributed by atoms with Gasteiger partial charge in [0.15, 0.2) is 0 Å². The lowest BCUT2D eigenvalue weighted by Gasteiger charge is -2.19. The maximum absolute atomic E-state index is 11.5. The van der Waals surface area contributed by atoms with Crippen LogP contribution in [0.1, 0.15) is 20.3 Å². The lowest BCUT2D eigenvalue weighted by molar-refractivity contribution is -0.122. The second-order valence-corrected chi connectivity index (χ2v) is 4.01. The third-order valence-corrected chi connectivity index (χ3v) is 2.38. The van der Waals surface area contributed by atoms with E-state index in [0.29, 0.717) is 13.0 Å². The minimum atomic E-state index is -0.178. The summed E-state index contributed by atoms with van der Waals surface area (Å²) < 4.78 is 1.60. The Balaban J connectivity index is 2.30. The number of amides is 1. The van der Waals surface area contributed by atoms with Crippen LogP contribution in [0.15, 0.2) is 12.7 Å². The Labute approximate surface area is 94.7 Å². The highest BCUT2D eigenvalue weighted by molar-refractivity contribution is 5.76. The fourth-order valence-electron chi connectivity index (χ4n) is 1.27. The molecule has 0 aliphatic rings. The van der Waals surface area contributed by atoms with Gasteiger partial charge in [0.1, 0.15) is 12.7 Å². The van der Waals surface area contributed by atoms with E-state index in [1.54, 1.807) is 11.0 Å². The molecule has 1 amide bonds. The summed E-state index contributed by atoms with van der Waals surface area (Å²) in [4.78, 5) is 15.3. The van der Waals surface area contributed by atoms with E-state index in [4.69, 9.17) is 5.11 Å². The summed E-state index contributed by atoms with van der Waals surface area (Å²) in [7, 11) is 0. The standard InChI is InChI=1S/C10H18N4O2/c1-8(2)9(5-15)13-10(16)3-4-14-7-11-6-12-14/h6-9,15H,3-5H2,1-2H3,(H,13,16). The van der Waals surface area contributed by atoms with Crippen LogP contribution in [-0.2, 0) is 11.3 Å². The van der Waals surface area contributed by atoms with Crippen molar-refractivity contribution < 1.29 is 9.90 Å². The SMILES string of the molecule is CC(C)C(CO)NC(=O)CCn1cncn1. The molecule has 1 rings (SSSR count). The van der Waals surface area contributed by atoms with E-state index in [9.17, 15) is 4.79 Å². The third kappa shape index (κ3) is 3.98. The van der Waals surface area contributed by atoms with E-state index in [1.165, 1.54) is 6.33 Å². The molecule has 0 fully saturated rings. The third-order valence-electron chi connectivity index (χ3n) is 2.38.